The van der Waals surface area contributed by atoms with Gasteiger partial charge in [0.2, 0.25) is 11.8 Å². The van der Waals surface area contributed by atoms with Crippen molar-refractivity contribution in [2.45, 2.75) is 66.1 Å². The van der Waals surface area contributed by atoms with Gasteiger partial charge in [-0.25, -0.2) is 9.79 Å². The van der Waals surface area contributed by atoms with Gasteiger partial charge in [0, 0.05) is 12.6 Å². The Morgan fingerprint density at radius 2 is 1.68 bits per heavy atom. The highest BCUT2D eigenvalue weighted by molar-refractivity contribution is 5.91. The Hall–Kier alpha value is -2.58. The molecule has 2 amide bonds. The van der Waals surface area contributed by atoms with E-state index >= 15 is 0 Å². The lowest BCUT2D eigenvalue weighted by molar-refractivity contribution is -0.138. The molecule has 0 fully saturated rings. The fraction of sp³-hybridized carbons (Fsp3) is 0.684. The summed E-state index contributed by atoms with van der Waals surface area (Å²) < 4.78 is 0. The monoisotopic (exact) mass is 397 g/mol. The van der Waals surface area contributed by atoms with Crippen LogP contribution < -0.4 is 16.8 Å². The van der Waals surface area contributed by atoms with Crippen LogP contribution in [0.3, 0.4) is 0 Å². The molecule has 6 N–H and O–H groups in total. The summed E-state index contributed by atoms with van der Waals surface area (Å²) in [7, 11) is 1.60. The first-order chi connectivity index (χ1) is 12.8. The Bertz CT molecular complexity index is 624. The number of carbonyl (C=O) groups is 3. The van der Waals surface area contributed by atoms with Crippen molar-refractivity contribution < 1.29 is 19.5 Å². The molecule has 0 spiro atoms. The average molecular weight is 398 g/mol. The van der Waals surface area contributed by atoms with Crippen molar-refractivity contribution in [2.75, 3.05) is 7.05 Å². The molecule has 0 unspecified atom stereocenters. The third-order valence-corrected chi connectivity index (χ3v) is 4.46. The number of aliphatic carboxylic acids is 1. The van der Waals surface area contributed by atoms with Gasteiger partial charge in [-0.1, -0.05) is 40.7 Å². The third-order valence-electron chi connectivity index (χ3n) is 4.46. The molecule has 0 aromatic rings. The summed E-state index contributed by atoms with van der Waals surface area (Å²) in [6.45, 7) is 10.7. The first-order valence-corrected chi connectivity index (χ1v) is 9.40. The van der Waals surface area contributed by atoms with E-state index in [4.69, 9.17) is 16.6 Å². The second-order valence-electron chi connectivity index (χ2n) is 7.55. The zero-order chi connectivity index (χ0) is 22.2. The fourth-order valence-electron chi connectivity index (χ4n) is 2.72. The molecule has 0 aliphatic rings. The summed E-state index contributed by atoms with van der Waals surface area (Å²) in [6, 6.07) is -2.00. The first-order valence-electron chi connectivity index (χ1n) is 9.40. The lowest BCUT2D eigenvalue weighted by Crippen LogP contribution is -2.55. The largest absolute Gasteiger partial charge is 0.478 e. The SMILES string of the molecule is CC[C@H](N=C(N)N)C(=O)N[C@H](C(=O)N(C)[C@H](/C=C(\C)C(=O)O)C(C)C)C(C)C. The number of likely N-dealkylation sites (N-methyl/N-ethyl adjacent to an activating group) is 1. The van der Waals surface area contributed by atoms with Gasteiger partial charge in [-0.15, -0.1) is 0 Å². The number of carbonyl (C=O) groups excluding carboxylic acids is 2. The van der Waals surface area contributed by atoms with Gasteiger partial charge in [0.15, 0.2) is 5.96 Å². The number of carboxylic acid groups (broad SMARTS) is 1. The first kappa shape index (κ1) is 25.4. The molecule has 0 rings (SSSR count). The lowest BCUT2D eigenvalue weighted by Gasteiger charge is -2.34. The topological polar surface area (TPSA) is 151 Å². The number of nitrogens with zero attached hydrogens (tertiary/aromatic N) is 2. The summed E-state index contributed by atoms with van der Waals surface area (Å²) in [5.41, 5.74) is 10.9. The van der Waals surface area contributed by atoms with Gasteiger partial charge >= 0.3 is 5.97 Å². The Morgan fingerprint density at radius 1 is 1.14 bits per heavy atom. The highest BCUT2D eigenvalue weighted by Gasteiger charge is 2.32. The van der Waals surface area contributed by atoms with Crippen LogP contribution in [0.5, 0.6) is 0 Å². The van der Waals surface area contributed by atoms with Crippen LogP contribution in [0.4, 0.5) is 0 Å². The van der Waals surface area contributed by atoms with Gasteiger partial charge in [-0.05, 0) is 25.2 Å². The smallest absolute Gasteiger partial charge is 0.331 e. The summed E-state index contributed by atoms with van der Waals surface area (Å²) >= 11 is 0. The minimum atomic E-state index is -1.04. The van der Waals surface area contributed by atoms with Crippen molar-refractivity contribution in [1.82, 2.24) is 10.2 Å². The van der Waals surface area contributed by atoms with Crippen LogP contribution in [-0.4, -0.2) is 58.9 Å². The Kier molecular flexibility index (Phi) is 10.3. The highest BCUT2D eigenvalue weighted by atomic mass is 16.4. The molecule has 0 aliphatic carbocycles. The predicted molar refractivity (Wildman–Crippen MR) is 109 cm³/mol. The van der Waals surface area contributed by atoms with Crippen LogP contribution >= 0.6 is 0 Å². The Labute approximate surface area is 167 Å². The molecule has 0 bridgehead atoms. The van der Waals surface area contributed by atoms with Crippen LogP contribution in [0.15, 0.2) is 16.6 Å². The summed E-state index contributed by atoms with van der Waals surface area (Å²) in [5.74, 6) is -2.18. The molecule has 0 heterocycles. The molecule has 0 saturated carbocycles. The van der Waals surface area contributed by atoms with E-state index in [-0.39, 0.29) is 29.3 Å². The summed E-state index contributed by atoms with van der Waals surface area (Å²) in [5, 5.41) is 11.9. The van der Waals surface area contributed by atoms with Gasteiger partial charge in [-0.3, -0.25) is 9.59 Å². The van der Waals surface area contributed by atoms with Crippen LogP contribution in [0.25, 0.3) is 0 Å². The number of aliphatic imine (C=N–C) groups is 1. The van der Waals surface area contributed by atoms with Crippen LogP contribution in [0, 0.1) is 11.8 Å². The van der Waals surface area contributed by atoms with E-state index in [0.717, 1.165) is 0 Å². The molecule has 0 aromatic carbocycles. The number of nitrogens with one attached hydrogen (secondary N) is 1. The van der Waals surface area contributed by atoms with Crippen molar-refractivity contribution in [2.24, 2.45) is 28.3 Å². The zero-order valence-electron chi connectivity index (χ0n) is 17.9. The lowest BCUT2D eigenvalue weighted by atomic mass is 9.96. The van der Waals surface area contributed by atoms with E-state index in [0.29, 0.717) is 6.42 Å². The van der Waals surface area contributed by atoms with E-state index in [2.05, 4.69) is 10.3 Å². The zero-order valence-corrected chi connectivity index (χ0v) is 17.9. The minimum Gasteiger partial charge on any atom is -0.478 e. The molecule has 28 heavy (non-hydrogen) atoms. The van der Waals surface area contributed by atoms with Crippen molar-refractivity contribution in [3.8, 4) is 0 Å². The van der Waals surface area contributed by atoms with Crippen molar-refractivity contribution in [3.63, 3.8) is 0 Å². The maximum Gasteiger partial charge on any atom is 0.331 e. The average Bonchev–Trinajstić information content (AvgIpc) is 2.59. The number of amides is 2. The minimum absolute atomic E-state index is 0.0169. The molecule has 3 atom stereocenters. The molecule has 0 aromatic heterocycles. The van der Waals surface area contributed by atoms with Gasteiger partial charge in [0.25, 0.3) is 0 Å². The second kappa shape index (κ2) is 11.3. The maximum atomic E-state index is 13.1. The summed E-state index contributed by atoms with van der Waals surface area (Å²) in [4.78, 5) is 42.2. The van der Waals surface area contributed by atoms with Crippen molar-refractivity contribution in [3.05, 3.63) is 11.6 Å². The molecular formula is C19H35N5O4. The van der Waals surface area contributed by atoms with Crippen molar-refractivity contribution >= 4 is 23.7 Å². The normalized spacial score (nSPS) is 15.0. The fourth-order valence-corrected chi connectivity index (χ4v) is 2.72. The van der Waals surface area contributed by atoms with Crippen LogP contribution in [0.2, 0.25) is 0 Å². The van der Waals surface area contributed by atoms with E-state index in [9.17, 15) is 14.4 Å². The molecule has 160 valence electrons. The standard InChI is InChI=1S/C19H35N5O4/c1-8-13(22-19(20)21)16(25)23-15(11(4)5)17(26)24(7)14(10(2)3)9-12(6)18(27)28/h9-11,13-15H,8H2,1-7H3,(H,23,25)(H,27,28)(H4,20,21,22)/b12-9+/t13-,14+,15-/m0/s1. The van der Waals surface area contributed by atoms with Gasteiger partial charge in [0.1, 0.15) is 12.1 Å². The molecule has 0 aliphatic heterocycles. The van der Waals surface area contributed by atoms with E-state index in [1.165, 1.54) is 11.8 Å². The van der Waals surface area contributed by atoms with E-state index in [1.54, 1.807) is 20.0 Å². The van der Waals surface area contributed by atoms with E-state index < -0.39 is 30.0 Å². The molecule has 0 saturated heterocycles. The van der Waals surface area contributed by atoms with Crippen molar-refractivity contribution in [1.29, 1.82) is 0 Å². The molecule has 0 radical (unpaired) electrons. The predicted octanol–water partition coefficient (Wildman–Crippen LogP) is 0.693. The van der Waals surface area contributed by atoms with Gasteiger partial charge in [0.05, 0.1) is 6.04 Å². The molecule has 9 nitrogen and oxygen atoms in total. The van der Waals surface area contributed by atoms with Crippen LogP contribution in [-0.2, 0) is 14.4 Å². The Morgan fingerprint density at radius 3 is 2.04 bits per heavy atom. The van der Waals surface area contributed by atoms with E-state index in [1.807, 2.05) is 27.7 Å². The number of carboxylic acids is 1. The Balaban J connectivity index is 5.64. The number of hydrogen-bond donors (Lipinski definition) is 4. The quantitative estimate of drug-likeness (QED) is 0.242. The maximum absolute atomic E-state index is 13.1. The second-order valence-corrected chi connectivity index (χ2v) is 7.55. The highest BCUT2D eigenvalue weighted by Crippen LogP contribution is 2.17. The van der Waals surface area contributed by atoms with Crippen LogP contribution in [0.1, 0.15) is 48.0 Å². The number of guanidine groups is 1. The number of nitrogens with two attached hydrogens (primary N) is 2. The molecular weight excluding hydrogens is 362 g/mol. The number of hydrogen-bond acceptors (Lipinski definition) is 4. The summed E-state index contributed by atoms with van der Waals surface area (Å²) in [6.07, 6.45) is 1.94. The van der Waals surface area contributed by atoms with Gasteiger partial charge < -0.3 is 26.8 Å². The molecule has 9 heteroatoms. The number of rotatable bonds is 10. The third kappa shape index (κ3) is 7.58. The van der Waals surface area contributed by atoms with Gasteiger partial charge in [-0.2, -0.15) is 0 Å².